The fourth-order valence-electron chi connectivity index (χ4n) is 2.53. The van der Waals surface area contributed by atoms with Crippen molar-refractivity contribution in [3.05, 3.63) is 77.1 Å². The van der Waals surface area contributed by atoms with Crippen molar-refractivity contribution >= 4 is 23.0 Å². The minimum atomic E-state index is -0.211. The second kappa shape index (κ2) is 6.98. The van der Waals surface area contributed by atoms with Gasteiger partial charge in [-0.2, -0.15) is 0 Å². The summed E-state index contributed by atoms with van der Waals surface area (Å²) in [5.74, 6) is 2.32. The van der Waals surface area contributed by atoms with E-state index in [0.29, 0.717) is 22.5 Å². The SMILES string of the molecule is C#CCOC1=CC(=Nc2ccc(C(C)=O)cc2)c2ccccc2C1=O. The summed E-state index contributed by atoms with van der Waals surface area (Å²) in [5, 5.41) is 0. The Hall–Kier alpha value is -3.45. The molecular weight excluding hydrogens is 314 g/mol. The molecule has 0 saturated heterocycles. The number of hydrogen-bond acceptors (Lipinski definition) is 4. The molecule has 0 heterocycles. The van der Waals surface area contributed by atoms with E-state index in [1.807, 2.05) is 12.1 Å². The van der Waals surface area contributed by atoms with Crippen LogP contribution in [0, 0.1) is 12.3 Å². The molecule has 0 N–H and O–H groups in total. The lowest BCUT2D eigenvalue weighted by Crippen LogP contribution is -2.19. The molecular formula is C21H15NO3. The summed E-state index contributed by atoms with van der Waals surface area (Å²) in [6.45, 7) is 1.53. The highest BCUT2D eigenvalue weighted by atomic mass is 16.5. The van der Waals surface area contributed by atoms with Crippen LogP contribution in [0.3, 0.4) is 0 Å². The van der Waals surface area contributed by atoms with Gasteiger partial charge in [-0.1, -0.05) is 30.2 Å². The molecule has 0 aliphatic heterocycles. The lowest BCUT2D eigenvalue weighted by Gasteiger charge is -2.17. The van der Waals surface area contributed by atoms with Gasteiger partial charge in [-0.05, 0) is 31.2 Å². The predicted octanol–water partition coefficient (Wildman–Crippen LogP) is 3.74. The molecule has 0 saturated carbocycles. The molecule has 2 aromatic carbocycles. The third-order valence-corrected chi connectivity index (χ3v) is 3.77. The summed E-state index contributed by atoms with van der Waals surface area (Å²) in [5.41, 5.74) is 3.17. The molecule has 0 fully saturated rings. The van der Waals surface area contributed by atoms with Gasteiger partial charge in [0.25, 0.3) is 0 Å². The number of aliphatic imine (C=N–C) groups is 1. The largest absolute Gasteiger partial charge is 0.477 e. The van der Waals surface area contributed by atoms with Gasteiger partial charge in [0.1, 0.15) is 6.61 Å². The topological polar surface area (TPSA) is 55.7 Å². The van der Waals surface area contributed by atoms with Gasteiger partial charge in [0.2, 0.25) is 5.78 Å². The number of nitrogens with zero attached hydrogens (tertiary/aromatic N) is 1. The number of ketones is 2. The first-order chi connectivity index (χ1) is 12.1. The molecule has 0 bridgehead atoms. The van der Waals surface area contributed by atoms with Crippen LogP contribution in [0.4, 0.5) is 5.69 Å². The van der Waals surface area contributed by atoms with Crippen LogP contribution >= 0.6 is 0 Å². The summed E-state index contributed by atoms with van der Waals surface area (Å²) < 4.78 is 5.37. The number of Topliss-reactive ketones (excluding diaryl/α,β-unsaturated/α-hetero) is 2. The number of ether oxygens (including phenoxy) is 1. The van der Waals surface area contributed by atoms with Gasteiger partial charge < -0.3 is 4.74 Å². The standard InChI is InChI=1S/C21H15NO3/c1-3-12-25-20-13-19(17-6-4-5-7-18(17)21(20)24)22-16-10-8-15(9-11-16)14(2)23/h1,4-11,13H,12H2,2H3. The van der Waals surface area contributed by atoms with Gasteiger partial charge in [0.15, 0.2) is 11.5 Å². The predicted molar refractivity (Wildman–Crippen MR) is 96.3 cm³/mol. The average Bonchev–Trinajstić information content (AvgIpc) is 2.63. The van der Waals surface area contributed by atoms with E-state index in [9.17, 15) is 9.59 Å². The van der Waals surface area contributed by atoms with E-state index in [0.717, 1.165) is 5.56 Å². The van der Waals surface area contributed by atoms with Gasteiger partial charge >= 0.3 is 0 Å². The molecule has 0 amide bonds. The summed E-state index contributed by atoms with van der Waals surface area (Å²) in [7, 11) is 0. The number of hydrogen-bond donors (Lipinski definition) is 0. The summed E-state index contributed by atoms with van der Waals surface area (Å²) in [4.78, 5) is 28.5. The van der Waals surface area contributed by atoms with Gasteiger partial charge in [-0.15, -0.1) is 6.42 Å². The fraction of sp³-hybridized carbons (Fsp3) is 0.0952. The molecule has 0 atom stereocenters. The van der Waals surface area contributed by atoms with Crippen molar-refractivity contribution in [3.63, 3.8) is 0 Å². The van der Waals surface area contributed by atoms with E-state index in [2.05, 4.69) is 10.9 Å². The first-order valence-corrected chi connectivity index (χ1v) is 7.72. The van der Waals surface area contributed by atoms with Crippen molar-refractivity contribution in [2.24, 2.45) is 4.99 Å². The average molecular weight is 329 g/mol. The minimum absolute atomic E-state index is 0.00215. The molecule has 1 aliphatic carbocycles. The van der Waals surface area contributed by atoms with Crippen LogP contribution in [0.15, 0.2) is 65.4 Å². The third kappa shape index (κ3) is 3.41. The van der Waals surface area contributed by atoms with Crippen molar-refractivity contribution in [2.75, 3.05) is 6.61 Å². The van der Waals surface area contributed by atoms with Crippen molar-refractivity contribution in [2.45, 2.75) is 6.92 Å². The van der Waals surface area contributed by atoms with E-state index in [1.165, 1.54) is 6.92 Å². The highest BCUT2D eigenvalue weighted by Gasteiger charge is 2.25. The Labute approximate surface area is 145 Å². The number of benzene rings is 2. The van der Waals surface area contributed by atoms with Crippen LogP contribution in [0.5, 0.6) is 0 Å². The number of carbonyl (C=O) groups is 2. The molecule has 0 aromatic heterocycles. The Morgan fingerprint density at radius 1 is 1.12 bits per heavy atom. The number of carbonyl (C=O) groups excluding carboxylic acids is 2. The zero-order chi connectivity index (χ0) is 17.8. The van der Waals surface area contributed by atoms with Crippen LogP contribution in [0.25, 0.3) is 0 Å². The number of terminal acetylenes is 1. The van der Waals surface area contributed by atoms with Crippen LogP contribution in [0.2, 0.25) is 0 Å². The Bertz CT molecular complexity index is 944. The molecule has 1 aliphatic rings. The van der Waals surface area contributed by atoms with Gasteiger partial charge in [0, 0.05) is 22.8 Å². The smallest absolute Gasteiger partial charge is 0.228 e. The Kier molecular flexibility index (Phi) is 4.58. The lowest BCUT2D eigenvalue weighted by molar-refractivity contribution is 0.0937. The number of fused-ring (bicyclic) bond motifs is 1. The second-order valence-corrected chi connectivity index (χ2v) is 5.48. The quantitative estimate of drug-likeness (QED) is 0.634. The molecule has 25 heavy (non-hydrogen) atoms. The summed E-state index contributed by atoms with van der Waals surface area (Å²) in [6.07, 6.45) is 6.81. The maximum atomic E-state index is 12.5. The summed E-state index contributed by atoms with van der Waals surface area (Å²) >= 11 is 0. The van der Waals surface area contributed by atoms with Gasteiger partial charge in [0.05, 0.1) is 11.4 Å². The molecule has 2 aromatic rings. The van der Waals surface area contributed by atoms with Crippen molar-refractivity contribution in [1.29, 1.82) is 0 Å². The van der Waals surface area contributed by atoms with Gasteiger partial charge in [-0.3, -0.25) is 9.59 Å². The number of allylic oxidation sites excluding steroid dienone is 2. The van der Waals surface area contributed by atoms with E-state index in [4.69, 9.17) is 11.2 Å². The van der Waals surface area contributed by atoms with Crippen molar-refractivity contribution in [3.8, 4) is 12.3 Å². The third-order valence-electron chi connectivity index (χ3n) is 3.77. The molecule has 4 heteroatoms. The van der Waals surface area contributed by atoms with Crippen molar-refractivity contribution in [1.82, 2.24) is 0 Å². The van der Waals surface area contributed by atoms with Crippen molar-refractivity contribution < 1.29 is 14.3 Å². The van der Waals surface area contributed by atoms with Crippen LogP contribution < -0.4 is 0 Å². The monoisotopic (exact) mass is 329 g/mol. The fourth-order valence-corrected chi connectivity index (χ4v) is 2.53. The molecule has 0 spiro atoms. The molecule has 0 unspecified atom stereocenters. The van der Waals surface area contributed by atoms with Crippen LogP contribution in [-0.2, 0) is 4.74 Å². The van der Waals surface area contributed by atoms with Gasteiger partial charge in [-0.25, -0.2) is 4.99 Å². The molecule has 3 rings (SSSR count). The van der Waals surface area contributed by atoms with E-state index < -0.39 is 0 Å². The molecule has 0 radical (unpaired) electrons. The zero-order valence-electron chi connectivity index (χ0n) is 13.7. The first kappa shape index (κ1) is 16.4. The van der Waals surface area contributed by atoms with E-state index >= 15 is 0 Å². The Balaban J connectivity index is 2.05. The maximum absolute atomic E-state index is 12.5. The Morgan fingerprint density at radius 2 is 1.80 bits per heavy atom. The normalized spacial score (nSPS) is 14.5. The second-order valence-electron chi connectivity index (χ2n) is 5.48. The number of rotatable bonds is 4. The summed E-state index contributed by atoms with van der Waals surface area (Å²) in [6, 6.07) is 14.2. The highest BCUT2D eigenvalue weighted by molar-refractivity contribution is 6.25. The maximum Gasteiger partial charge on any atom is 0.228 e. The Morgan fingerprint density at radius 3 is 2.44 bits per heavy atom. The molecule has 122 valence electrons. The van der Waals surface area contributed by atoms with Crippen LogP contribution in [-0.4, -0.2) is 23.9 Å². The zero-order valence-corrected chi connectivity index (χ0v) is 13.7. The van der Waals surface area contributed by atoms with E-state index in [-0.39, 0.29) is 23.9 Å². The highest BCUT2D eigenvalue weighted by Crippen LogP contribution is 2.25. The first-order valence-electron chi connectivity index (χ1n) is 7.72. The molecule has 4 nitrogen and oxygen atoms in total. The minimum Gasteiger partial charge on any atom is -0.477 e. The lowest BCUT2D eigenvalue weighted by atomic mass is 9.93. The van der Waals surface area contributed by atoms with E-state index in [1.54, 1.807) is 42.5 Å². The van der Waals surface area contributed by atoms with Crippen LogP contribution in [0.1, 0.15) is 33.2 Å².